The summed E-state index contributed by atoms with van der Waals surface area (Å²) in [6.07, 6.45) is 4.16. The van der Waals surface area contributed by atoms with Crippen molar-refractivity contribution in [3.63, 3.8) is 0 Å². The maximum atomic E-state index is 12.2. The third-order valence-corrected chi connectivity index (χ3v) is 5.84. The van der Waals surface area contributed by atoms with Gasteiger partial charge in [0.2, 0.25) is 0 Å². The van der Waals surface area contributed by atoms with E-state index in [0.717, 1.165) is 5.56 Å². The second kappa shape index (κ2) is 9.82. The van der Waals surface area contributed by atoms with Crippen molar-refractivity contribution < 1.29 is 14.6 Å². The fraction of sp³-hybridized carbons (Fsp3) is 0.192. The quantitative estimate of drug-likeness (QED) is 0.465. The van der Waals surface area contributed by atoms with Gasteiger partial charge in [-0.3, -0.25) is 0 Å². The molecule has 0 atom stereocenters. The normalized spacial score (nSPS) is 12.6. The largest absolute Gasteiger partial charge is 0.449 e. The Labute approximate surface area is 187 Å². The molecule has 5 heteroatoms. The average Bonchev–Trinajstić information content (AvgIpc) is 3.12. The fourth-order valence-electron chi connectivity index (χ4n) is 3.95. The lowest BCUT2D eigenvalue weighted by Gasteiger charge is -2.14. The minimum Gasteiger partial charge on any atom is -0.449 e. The van der Waals surface area contributed by atoms with Crippen molar-refractivity contribution in [2.45, 2.75) is 18.9 Å². The SMILES string of the molecule is O=C(NCCC=Cc1ccc(Cl)c(CO)c1)OCC1c2ccccc2-c2ccccc21. The summed E-state index contributed by atoms with van der Waals surface area (Å²) in [7, 11) is 0. The molecule has 0 saturated carbocycles. The summed E-state index contributed by atoms with van der Waals surface area (Å²) >= 11 is 6.00. The summed E-state index contributed by atoms with van der Waals surface area (Å²) < 4.78 is 5.53. The smallest absolute Gasteiger partial charge is 0.407 e. The highest BCUT2D eigenvalue weighted by atomic mass is 35.5. The van der Waals surface area contributed by atoms with Gasteiger partial charge >= 0.3 is 6.09 Å². The van der Waals surface area contributed by atoms with E-state index in [9.17, 15) is 9.90 Å². The third-order valence-electron chi connectivity index (χ3n) is 5.47. The van der Waals surface area contributed by atoms with Crippen LogP contribution >= 0.6 is 11.6 Å². The number of nitrogens with one attached hydrogen (secondary N) is 1. The summed E-state index contributed by atoms with van der Waals surface area (Å²) in [5, 5.41) is 12.6. The van der Waals surface area contributed by atoms with Crippen LogP contribution in [0.25, 0.3) is 17.2 Å². The Morgan fingerprint density at radius 3 is 2.39 bits per heavy atom. The summed E-state index contributed by atoms with van der Waals surface area (Å²) in [5.74, 6) is 0.0590. The van der Waals surface area contributed by atoms with Crippen molar-refractivity contribution in [2.75, 3.05) is 13.2 Å². The van der Waals surface area contributed by atoms with Crippen LogP contribution in [0.5, 0.6) is 0 Å². The van der Waals surface area contributed by atoms with Gasteiger partial charge in [0.1, 0.15) is 6.61 Å². The van der Waals surface area contributed by atoms with Gasteiger partial charge in [0.05, 0.1) is 6.61 Å². The van der Waals surface area contributed by atoms with Crippen LogP contribution in [0.15, 0.2) is 72.8 Å². The fourth-order valence-corrected chi connectivity index (χ4v) is 4.12. The Kier molecular flexibility index (Phi) is 6.70. The molecule has 0 saturated heterocycles. The number of hydrogen-bond acceptors (Lipinski definition) is 3. The molecule has 0 aromatic heterocycles. The molecular formula is C26H24ClNO3. The Bertz CT molecular complexity index is 1060. The molecule has 3 aromatic rings. The molecule has 1 aliphatic carbocycles. The highest BCUT2D eigenvalue weighted by Gasteiger charge is 2.28. The van der Waals surface area contributed by atoms with E-state index in [2.05, 4.69) is 29.6 Å². The van der Waals surface area contributed by atoms with Crippen LogP contribution in [-0.4, -0.2) is 24.4 Å². The maximum absolute atomic E-state index is 12.2. The molecule has 0 heterocycles. The second-order valence-corrected chi connectivity index (χ2v) is 7.86. The summed E-state index contributed by atoms with van der Waals surface area (Å²) in [5.41, 5.74) is 6.47. The molecule has 1 aliphatic rings. The molecule has 4 rings (SSSR count). The Morgan fingerprint density at radius 2 is 1.71 bits per heavy atom. The van der Waals surface area contributed by atoms with Crippen molar-refractivity contribution in [3.8, 4) is 11.1 Å². The van der Waals surface area contributed by atoms with Gasteiger partial charge in [-0.2, -0.15) is 0 Å². The second-order valence-electron chi connectivity index (χ2n) is 7.45. The molecule has 1 amide bonds. The molecule has 4 nitrogen and oxygen atoms in total. The topological polar surface area (TPSA) is 58.6 Å². The van der Waals surface area contributed by atoms with Gasteiger partial charge in [-0.05, 0) is 51.9 Å². The summed E-state index contributed by atoms with van der Waals surface area (Å²) in [6.45, 7) is 0.696. The van der Waals surface area contributed by atoms with Gasteiger partial charge in [-0.15, -0.1) is 0 Å². The van der Waals surface area contributed by atoms with E-state index in [1.165, 1.54) is 22.3 Å². The Balaban J connectivity index is 1.27. The molecule has 2 N–H and O–H groups in total. The van der Waals surface area contributed by atoms with E-state index >= 15 is 0 Å². The number of halogens is 1. The van der Waals surface area contributed by atoms with E-state index in [1.807, 2.05) is 48.6 Å². The zero-order valence-electron chi connectivity index (χ0n) is 17.1. The van der Waals surface area contributed by atoms with Gasteiger partial charge in [0.25, 0.3) is 0 Å². The molecule has 0 radical (unpaired) electrons. The van der Waals surface area contributed by atoms with Gasteiger partial charge < -0.3 is 15.2 Å². The maximum Gasteiger partial charge on any atom is 0.407 e. The van der Waals surface area contributed by atoms with Crippen LogP contribution in [0.1, 0.15) is 34.6 Å². The molecule has 0 aliphatic heterocycles. The molecule has 158 valence electrons. The third kappa shape index (κ3) is 4.82. The number of aliphatic hydroxyl groups is 1. The van der Waals surface area contributed by atoms with Gasteiger partial charge in [-0.25, -0.2) is 4.79 Å². The van der Waals surface area contributed by atoms with E-state index < -0.39 is 6.09 Å². The number of benzene rings is 3. The van der Waals surface area contributed by atoms with Crippen LogP contribution in [0.2, 0.25) is 5.02 Å². The standard InChI is InChI=1S/C26H24ClNO3/c27-25-13-12-18(15-19(25)16-29)7-5-6-14-28-26(30)31-17-24-22-10-3-1-8-20(22)21-9-2-4-11-23(21)24/h1-5,7-13,15,24,29H,6,14,16-17H2,(H,28,30). The number of carbonyl (C=O) groups excluding carboxylic acids is 1. The zero-order chi connectivity index (χ0) is 21.6. The van der Waals surface area contributed by atoms with Crippen molar-refractivity contribution in [3.05, 3.63) is 100 Å². The zero-order valence-corrected chi connectivity index (χ0v) is 17.8. The number of aliphatic hydroxyl groups excluding tert-OH is 1. The monoisotopic (exact) mass is 433 g/mol. The first-order valence-corrected chi connectivity index (χ1v) is 10.7. The summed E-state index contributed by atoms with van der Waals surface area (Å²) in [4.78, 5) is 12.2. The highest BCUT2D eigenvalue weighted by molar-refractivity contribution is 6.31. The number of alkyl carbamates (subject to hydrolysis) is 1. The van der Waals surface area contributed by atoms with Crippen LogP contribution < -0.4 is 5.32 Å². The first-order valence-electron chi connectivity index (χ1n) is 10.3. The number of hydrogen-bond donors (Lipinski definition) is 2. The summed E-state index contributed by atoms with van der Waals surface area (Å²) in [6, 6.07) is 22.0. The predicted molar refractivity (Wildman–Crippen MR) is 124 cm³/mol. The number of carbonyl (C=O) groups is 1. The first-order chi connectivity index (χ1) is 15.2. The van der Waals surface area contributed by atoms with Crippen molar-refractivity contribution in [1.82, 2.24) is 5.32 Å². The Hall–Kier alpha value is -3.08. The van der Waals surface area contributed by atoms with Crippen molar-refractivity contribution in [1.29, 1.82) is 0 Å². The van der Waals surface area contributed by atoms with E-state index in [4.69, 9.17) is 16.3 Å². The number of rotatable bonds is 7. The lowest BCUT2D eigenvalue weighted by molar-refractivity contribution is 0.143. The van der Waals surface area contributed by atoms with Gasteiger partial charge in [-0.1, -0.05) is 78.4 Å². The molecule has 31 heavy (non-hydrogen) atoms. The first kappa shape index (κ1) is 21.2. The highest BCUT2D eigenvalue weighted by Crippen LogP contribution is 2.44. The minimum absolute atomic E-state index is 0.0590. The number of ether oxygens (including phenoxy) is 1. The van der Waals surface area contributed by atoms with Gasteiger partial charge in [0, 0.05) is 17.5 Å². The van der Waals surface area contributed by atoms with E-state index in [0.29, 0.717) is 30.2 Å². The van der Waals surface area contributed by atoms with Crippen molar-refractivity contribution in [2.24, 2.45) is 0 Å². The molecule has 0 spiro atoms. The molecular weight excluding hydrogens is 410 g/mol. The molecule has 0 bridgehead atoms. The average molecular weight is 434 g/mol. The van der Waals surface area contributed by atoms with Crippen LogP contribution in [0.3, 0.4) is 0 Å². The van der Waals surface area contributed by atoms with Gasteiger partial charge in [0.15, 0.2) is 0 Å². The lowest BCUT2D eigenvalue weighted by atomic mass is 9.98. The van der Waals surface area contributed by atoms with Crippen LogP contribution in [0.4, 0.5) is 4.79 Å². The van der Waals surface area contributed by atoms with E-state index in [1.54, 1.807) is 6.07 Å². The number of amides is 1. The van der Waals surface area contributed by atoms with Crippen LogP contribution in [-0.2, 0) is 11.3 Å². The van der Waals surface area contributed by atoms with E-state index in [-0.39, 0.29) is 12.5 Å². The van der Waals surface area contributed by atoms with Crippen molar-refractivity contribution >= 4 is 23.8 Å². The predicted octanol–water partition coefficient (Wildman–Crippen LogP) is 5.77. The molecule has 3 aromatic carbocycles. The molecule has 0 unspecified atom stereocenters. The number of fused-ring (bicyclic) bond motifs is 3. The lowest BCUT2D eigenvalue weighted by Crippen LogP contribution is -2.26. The minimum atomic E-state index is -0.413. The Morgan fingerprint density at radius 1 is 1.03 bits per heavy atom. The van der Waals surface area contributed by atoms with Crippen LogP contribution in [0, 0.1) is 0 Å². The molecule has 0 fully saturated rings.